The molecule has 3 rings (SSSR count). The third kappa shape index (κ3) is 3.93. The van der Waals surface area contributed by atoms with E-state index < -0.39 is 0 Å². The summed E-state index contributed by atoms with van der Waals surface area (Å²) in [6, 6.07) is 21.8. The molecule has 1 aliphatic carbocycles. The topological polar surface area (TPSA) is 12.0 Å². The van der Waals surface area contributed by atoms with Gasteiger partial charge in [-0.05, 0) is 42.5 Å². The SMILES string of the molecule is CCCCCNC(C1=CCCC=C1)(c1ccccc1)c1ccccc1. The number of hydrogen-bond acceptors (Lipinski definition) is 1. The van der Waals surface area contributed by atoms with Crippen LogP contribution in [0.1, 0.15) is 50.2 Å². The lowest BCUT2D eigenvalue weighted by atomic mass is 9.75. The van der Waals surface area contributed by atoms with Gasteiger partial charge in [0.15, 0.2) is 0 Å². The van der Waals surface area contributed by atoms with Crippen LogP contribution in [-0.2, 0) is 5.54 Å². The molecule has 0 heterocycles. The van der Waals surface area contributed by atoms with Crippen molar-refractivity contribution < 1.29 is 0 Å². The molecule has 2 aromatic rings. The van der Waals surface area contributed by atoms with Crippen LogP contribution in [0.15, 0.2) is 84.5 Å². The third-order valence-corrected chi connectivity index (χ3v) is 5.01. The predicted octanol–water partition coefficient (Wildman–Crippen LogP) is 5.99. The lowest BCUT2D eigenvalue weighted by Gasteiger charge is -2.39. The third-order valence-electron chi connectivity index (χ3n) is 5.01. The highest BCUT2D eigenvalue weighted by Crippen LogP contribution is 2.39. The second-order valence-electron chi connectivity index (χ2n) is 6.76. The average Bonchev–Trinajstić information content (AvgIpc) is 2.70. The van der Waals surface area contributed by atoms with Gasteiger partial charge in [0.25, 0.3) is 0 Å². The molecule has 1 heteroatoms. The van der Waals surface area contributed by atoms with E-state index >= 15 is 0 Å². The highest BCUT2D eigenvalue weighted by molar-refractivity contribution is 5.52. The molecule has 0 amide bonds. The van der Waals surface area contributed by atoms with Gasteiger partial charge in [-0.1, -0.05) is 98.7 Å². The van der Waals surface area contributed by atoms with Crippen molar-refractivity contribution in [3.63, 3.8) is 0 Å². The maximum absolute atomic E-state index is 3.95. The van der Waals surface area contributed by atoms with Gasteiger partial charge in [-0.25, -0.2) is 0 Å². The summed E-state index contributed by atoms with van der Waals surface area (Å²) < 4.78 is 0. The summed E-state index contributed by atoms with van der Waals surface area (Å²) in [5.41, 5.74) is 3.73. The fourth-order valence-electron chi connectivity index (χ4n) is 3.72. The van der Waals surface area contributed by atoms with E-state index in [9.17, 15) is 0 Å². The fraction of sp³-hybridized carbons (Fsp3) is 0.333. The normalized spacial score (nSPS) is 14.4. The van der Waals surface area contributed by atoms with Crippen molar-refractivity contribution in [2.24, 2.45) is 0 Å². The minimum Gasteiger partial charge on any atom is -0.300 e. The molecule has 0 radical (unpaired) electrons. The summed E-state index contributed by atoms with van der Waals surface area (Å²) in [6.07, 6.45) is 13.0. The van der Waals surface area contributed by atoms with Crippen LogP contribution in [-0.4, -0.2) is 6.54 Å². The number of benzene rings is 2. The monoisotopic (exact) mass is 331 g/mol. The van der Waals surface area contributed by atoms with Crippen LogP contribution in [0.3, 0.4) is 0 Å². The molecule has 25 heavy (non-hydrogen) atoms. The van der Waals surface area contributed by atoms with Crippen LogP contribution in [0.25, 0.3) is 0 Å². The summed E-state index contributed by atoms with van der Waals surface area (Å²) in [7, 11) is 0. The zero-order valence-corrected chi connectivity index (χ0v) is 15.2. The van der Waals surface area contributed by atoms with Gasteiger partial charge in [-0.15, -0.1) is 0 Å². The quantitative estimate of drug-likeness (QED) is 0.586. The zero-order valence-electron chi connectivity index (χ0n) is 15.2. The number of unbranched alkanes of at least 4 members (excludes halogenated alkanes) is 2. The van der Waals surface area contributed by atoms with Gasteiger partial charge >= 0.3 is 0 Å². The first-order valence-electron chi connectivity index (χ1n) is 9.61. The van der Waals surface area contributed by atoms with Crippen LogP contribution in [0, 0.1) is 0 Å². The lowest BCUT2D eigenvalue weighted by Crippen LogP contribution is -2.45. The summed E-state index contributed by atoms with van der Waals surface area (Å²) in [4.78, 5) is 0. The van der Waals surface area contributed by atoms with Gasteiger partial charge in [-0.3, -0.25) is 0 Å². The Hall–Kier alpha value is -2.12. The van der Waals surface area contributed by atoms with E-state index in [2.05, 4.69) is 91.1 Å². The predicted molar refractivity (Wildman–Crippen MR) is 108 cm³/mol. The molecule has 0 saturated heterocycles. The van der Waals surface area contributed by atoms with Crippen LogP contribution in [0.4, 0.5) is 0 Å². The Bertz CT molecular complexity index is 658. The number of allylic oxidation sites excluding steroid dienone is 2. The first-order chi connectivity index (χ1) is 12.4. The maximum atomic E-state index is 3.95. The fourth-order valence-corrected chi connectivity index (χ4v) is 3.72. The largest absolute Gasteiger partial charge is 0.300 e. The van der Waals surface area contributed by atoms with Gasteiger partial charge in [0.05, 0.1) is 5.54 Å². The summed E-state index contributed by atoms with van der Waals surface area (Å²) in [5, 5.41) is 3.95. The summed E-state index contributed by atoms with van der Waals surface area (Å²) in [6.45, 7) is 3.27. The van der Waals surface area contributed by atoms with Crippen LogP contribution in [0.5, 0.6) is 0 Å². The van der Waals surface area contributed by atoms with Crippen molar-refractivity contribution in [2.75, 3.05) is 6.54 Å². The summed E-state index contributed by atoms with van der Waals surface area (Å²) >= 11 is 0. The van der Waals surface area contributed by atoms with E-state index in [1.54, 1.807) is 0 Å². The molecule has 2 aromatic carbocycles. The lowest BCUT2D eigenvalue weighted by molar-refractivity contribution is 0.456. The van der Waals surface area contributed by atoms with Crippen LogP contribution >= 0.6 is 0 Å². The summed E-state index contributed by atoms with van der Waals surface area (Å²) in [5.74, 6) is 0. The molecule has 0 atom stereocenters. The Labute approximate surface area is 152 Å². The molecule has 1 nitrogen and oxygen atoms in total. The van der Waals surface area contributed by atoms with Crippen molar-refractivity contribution >= 4 is 0 Å². The van der Waals surface area contributed by atoms with E-state index in [0.29, 0.717) is 0 Å². The van der Waals surface area contributed by atoms with E-state index in [0.717, 1.165) is 19.4 Å². The van der Waals surface area contributed by atoms with Crippen LogP contribution < -0.4 is 5.32 Å². The Morgan fingerprint density at radius 1 is 0.840 bits per heavy atom. The highest BCUT2D eigenvalue weighted by Gasteiger charge is 2.36. The van der Waals surface area contributed by atoms with E-state index in [-0.39, 0.29) is 5.54 Å². The Morgan fingerprint density at radius 3 is 2.00 bits per heavy atom. The molecule has 0 aromatic heterocycles. The smallest absolute Gasteiger partial charge is 0.0944 e. The minimum atomic E-state index is -0.271. The van der Waals surface area contributed by atoms with Crippen molar-refractivity contribution in [3.05, 3.63) is 95.6 Å². The molecule has 130 valence electrons. The van der Waals surface area contributed by atoms with E-state index in [4.69, 9.17) is 0 Å². The second-order valence-corrected chi connectivity index (χ2v) is 6.76. The van der Waals surface area contributed by atoms with Crippen molar-refractivity contribution in [3.8, 4) is 0 Å². The molecular formula is C24H29N. The Balaban J connectivity index is 2.09. The first kappa shape index (κ1) is 17.7. The van der Waals surface area contributed by atoms with E-state index in [1.165, 1.54) is 36.0 Å². The minimum absolute atomic E-state index is 0.271. The molecule has 0 bridgehead atoms. The molecule has 0 saturated carbocycles. The molecule has 0 unspecified atom stereocenters. The van der Waals surface area contributed by atoms with Crippen molar-refractivity contribution in [1.29, 1.82) is 0 Å². The number of rotatable bonds is 8. The van der Waals surface area contributed by atoms with Gasteiger partial charge in [0, 0.05) is 0 Å². The molecular weight excluding hydrogens is 302 g/mol. The van der Waals surface area contributed by atoms with Crippen LogP contribution in [0.2, 0.25) is 0 Å². The van der Waals surface area contributed by atoms with Gasteiger partial charge < -0.3 is 5.32 Å². The molecule has 0 spiro atoms. The number of nitrogens with one attached hydrogen (secondary N) is 1. The average molecular weight is 332 g/mol. The standard InChI is InChI=1S/C24H29N/c1-2-3-13-20-25-24(21-14-7-4-8-15-21,22-16-9-5-10-17-22)23-18-11-6-12-19-23/h4-5,7-11,14-19,25H,2-3,6,12-13,20H2,1H3. The van der Waals surface area contributed by atoms with Gasteiger partial charge in [-0.2, -0.15) is 0 Å². The Kier molecular flexibility index (Phi) is 6.25. The van der Waals surface area contributed by atoms with Crippen molar-refractivity contribution in [1.82, 2.24) is 5.32 Å². The highest BCUT2D eigenvalue weighted by atomic mass is 15.0. The second kappa shape index (κ2) is 8.82. The maximum Gasteiger partial charge on any atom is 0.0944 e. The van der Waals surface area contributed by atoms with E-state index in [1.807, 2.05) is 0 Å². The molecule has 1 N–H and O–H groups in total. The molecule has 1 aliphatic rings. The molecule has 0 fully saturated rings. The van der Waals surface area contributed by atoms with Gasteiger partial charge in [0.1, 0.15) is 0 Å². The number of hydrogen-bond donors (Lipinski definition) is 1. The van der Waals surface area contributed by atoms with Gasteiger partial charge in [0.2, 0.25) is 0 Å². The molecule has 0 aliphatic heterocycles. The van der Waals surface area contributed by atoms with Crippen molar-refractivity contribution in [2.45, 2.75) is 44.6 Å². The first-order valence-corrected chi connectivity index (χ1v) is 9.61. The Morgan fingerprint density at radius 2 is 1.48 bits per heavy atom. The zero-order chi connectivity index (χ0) is 17.4.